The van der Waals surface area contributed by atoms with Gasteiger partial charge in [-0.3, -0.25) is 4.79 Å². The summed E-state index contributed by atoms with van der Waals surface area (Å²) in [6.45, 7) is 2.26. The normalized spacial score (nSPS) is 11.3. The zero-order chi connectivity index (χ0) is 21.0. The van der Waals surface area contributed by atoms with Crippen LogP contribution in [0.2, 0.25) is 0 Å². The molecule has 0 aliphatic carbocycles. The fourth-order valence-corrected chi connectivity index (χ4v) is 2.72. The summed E-state index contributed by atoms with van der Waals surface area (Å²) in [6, 6.07) is 10.4. The molecule has 0 saturated heterocycles. The lowest BCUT2D eigenvalue weighted by Crippen LogP contribution is -2.27. The minimum Gasteiger partial charge on any atom is -0.497 e. The van der Waals surface area contributed by atoms with E-state index in [2.05, 4.69) is 15.4 Å². The molecule has 0 unspecified atom stereocenters. The average Bonchev–Trinajstić information content (AvgIpc) is 3.17. The third-order valence-electron chi connectivity index (χ3n) is 4.16. The van der Waals surface area contributed by atoms with Gasteiger partial charge in [-0.25, -0.2) is 9.67 Å². The number of halogens is 3. The van der Waals surface area contributed by atoms with Crippen LogP contribution in [0.5, 0.6) is 5.75 Å². The summed E-state index contributed by atoms with van der Waals surface area (Å²) in [6.07, 6.45) is -2.73. The van der Waals surface area contributed by atoms with Crippen LogP contribution in [0.3, 0.4) is 0 Å². The summed E-state index contributed by atoms with van der Waals surface area (Å²) in [5.41, 5.74) is -0.0472. The fourth-order valence-electron chi connectivity index (χ4n) is 2.72. The second-order valence-corrected chi connectivity index (χ2v) is 6.18. The number of alkyl halides is 3. The Hall–Kier alpha value is -3.36. The molecular formula is C20H19F3N4O2. The molecule has 1 amide bonds. The van der Waals surface area contributed by atoms with Crippen molar-refractivity contribution in [3.8, 4) is 22.8 Å². The monoisotopic (exact) mass is 404 g/mol. The van der Waals surface area contributed by atoms with Gasteiger partial charge in [0.15, 0.2) is 5.82 Å². The van der Waals surface area contributed by atoms with E-state index < -0.39 is 23.5 Å². The standard InChI is InChI=1S/C20H19F3N4O2/c1-3-10-25-19(28)17-12-16(13-6-8-14(29-2)9-7-13)26-27(17)18-15(20(21,22)23)5-4-11-24-18/h4-9,11-12H,3,10H2,1-2H3,(H,25,28). The van der Waals surface area contributed by atoms with E-state index in [-0.39, 0.29) is 5.69 Å². The number of benzene rings is 1. The highest BCUT2D eigenvalue weighted by molar-refractivity contribution is 5.94. The molecule has 0 atom stereocenters. The maximum absolute atomic E-state index is 13.5. The van der Waals surface area contributed by atoms with Gasteiger partial charge in [0.25, 0.3) is 5.91 Å². The second kappa shape index (κ2) is 8.34. The number of carbonyl (C=O) groups is 1. The molecule has 2 heterocycles. The quantitative estimate of drug-likeness (QED) is 0.672. The van der Waals surface area contributed by atoms with Crippen molar-refractivity contribution >= 4 is 5.91 Å². The van der Waals surface area contributed by atoms with E-state index in [1.54, 1.807) is 24.3 Å². The van der Waals surface area contributed by atoms with Crippen LogP contribution < -0.4 is 10.1 Å². The zero-order valence-electron chi connectivity index (χ0n) is 15.8. The van der Waals surface area contributed by atoms with Crippen molar-refractivity contribution in [2.45, 2.75) is 19.5 Å². The highest BCUT2D eigenvalue weighted by atomic mass is 19.4. The maximum atomic E-state index is 13.5. The molecule has 1 N–H and O–H groups in total. The van der Waals surface area contributed by atoms with Gasteiger partial charge in [0.05, 0.1) is 12.8 Å². The summed E-state index contributed by atoms with van der Waals surface area (Å²) in [5, 5.41) is 6.93. The van der Waals surface area contributed by atoms with Crippen LogP contribution in [0, 0.1) is 0 Å². The van der Waals surface area contributed by atoms with E-state index >= 15 is 0 Å². The number of hydrogen-bond acceptors (Lipinski definition) is 4. The Morgan fingerprint density at radius 1 is 1.21 bits per heavy atom. The summed E-state index contributed by atoms with van der Waals surface area (Å²) in [4.78, 5) is 16.5. The lowest BCUT2D eigenvalue weighted by atomic mass is 10.1. The van der Waals surface area contributed by atoms with Crippen molar-refractivity contribution in [3.63, 3.8) is 0 Å². The third kappa shape index (κ3) is 4.39. The van der Waals surface area contributed by atoms with Crippen molar-refractivity contribution in [2.24, 2.45) is 0 Å². The van der Waals surface area contributed by atoms with E-state index in [0.717, 1.165) is 10.7 Å². The summed E-state index contributed by atoms with van der Waals surface area (Å²) in [5.74, 6) is -0.363. The molecule has 9 heteroatoms. The first-order chi connectivity index (χ1) is 13.8. The van der Waals surface area contributed by atoms with E-state index in [0.29, 0.717) is 30.0 Å². The number of methoxy groups -OCH3 is 1. The first-order valence-electron chi connectivity index (χ1n) is 8.90. The van der Waals surface area contributed by atoms with Gasteiger partial charge in [-0.1, -0.05) is 6.92 Å². The predicted molar refractivity (Wildman–Crippen MR) is 101 cm³/mol. The number of ether oxygens (including phenoxy) is 1. The molecule has 29 heavy (non-hydrogen) atoms. The molecule has 3 rings (SSSR count). The molecule has 1 aromatic carbocycles. The Morgan fingerprint density at radius 2 is 1.93 bits per heavy atom. The van der Waals surface area contributed by atoms with Gasteiger partial charge in [0.2, 0.25) is 0 Å². The maximum Gasteiger partial charge on any atom is 0.420 e. The first-order valence-corrected chi connectivity index (χ1v) is 8.90. The zero-order valence-corrected chi connectivity index (χ0v) is 15.8. The Kier molecular flexibility index (Phi) is 5.86. The number of carbonyl (C=O) groups excluding carboxylic acids is 1. The largest absolute Gasteiger partial charge is 0.497 e. The van der Waals surface area contributed by atoms with Gasteiger partial charge in [-0.2, -0.15) is 18.3 Å². The smallest absolute Gasteiger partial charge is 0.420 e. The van der Waals surface area contributed by atoms with Gasteiger partial charge in [-0.15, -0.1) is 0 Å². The second-order valence-electron chi connectivity index (χ2n) is 6.18. The van der Waals surface area contributed by atoms with Crippen LogP contribution in [-0.4, -0.2) is 34.3 Å². The van der Waals surface area contributed by atoms with Gasteiger partial charge in [0, 0.05) is 18.3 Å². The molecular weight excluding hydrogens is 385 g/mol. The SMILES string of the molecule is CCCNC(=O)c1cc(-c2ccc(OC)cc2)nn1-c1ncccc1C(F)(F)F. The van der Waals surface area contributed by atoms with Gasteiger partial charge >= 0.3 is 6.18 Å². The molecule has 0 radical (unpaired) electrons. The van der Waals surface area contributed by atoms with Crippen LogP contribution >= 0.6 is 0 Å². The molecule has 0 spiro atoms. The number of hydrogen-bond donors (Lipinski definition) is 1. The van der Waals surface area contributed by atoms with E-state index in [9.17, 15) is 18.0 Å². The van der Waals surface area contributed by atoms with Crippen LogP contribution in [-0.2, 0) is 6.18 Å². The minimum atomic E-state index is -4.65. The van der Waals surface area contributed by atoms with Gasteiger partial charge in [0.1, 0.15) is 17.0 Å². The lowest BCUT2D eigenvalue weighted by molar-refractivity contribution is -0.137. The molecule has 0 fully saturated rings. The number of pyridine rings is 1. The number of amides is 1. The van der Waals surface area contributed by atoms with E-state index in [1.807, 2.05) is 6.92 Å². The highest BCUT2D eigenvalue weighted by Gasteiger charge is 2.36. The average molecular weight is 404 g/mol. The molecule has 3 aromatic rings. The van der Waals surface area contributed by atoms with Gasteiger partial charge in [-0.05, 0) is 48.9 Å². The van der Waals surface area contributed by atoms with Crippen LogP contribution in [0.4, 0.5) is 13.2 Å². The molecule has 0 saturated carbocycles. The van der Waals surface area contributed by atoms with Crippen LogP contribution in [0.25, 0.3) is 17.1 Å². The van der Waals surface area contributed by atoms with E-state index in [4.69, 9.17) is 4.74 Å². The highest BCUT2D eigenvalue weighted by Crippen LogP contribution is 2.33. The Balaban J connectivity index is 2.15. The summed E-state index contributed by atoms with van der Waals surface area (Å²) < 4.78 is 46.5. The van der Waals surface area contributed by atoms with Crippen LogP contribution in [0.1, 0.15) is 29.4 Å². The van der Waals surface area contributed by atoms with Crippen molar-refractivity contribution in [2.75, 3.05) is 13.7 Å². The molecule has 0 bridgehead atoms. The minimum absolute atomic E-state index is 0.0338. The first kappa shape index (κ1) is 20.4. The third-order valence-corrected chi connectivity index (χ3v) is 4.16. The Bertz CT molecular complexity index is 998. The van der Waals surface area contributed by atoms with Crippen molar-refractivity contribution in [1.29, 1.82) is 0 Å². The number of rotatable bonds is 6. The lowest BCUT2D eigenvalue weighted by Gasteiger charge is -2.13. The summed E-state index contributed by atoms with van der Waals surface area (Å²) >= 11 is 0. The molecule has 2 aromatic heterocycles. The number of nitrogens with zero attached hydrogens (tertiary/aromatic N) is 3. The fraction of sp³-hybridized carbons (Fsp3) is 0.250. The van der Waals surface area contributed by atoms with E-state index in [1.165, 1.54) is 25.4 Å². The molecule has 6 nitrogen and oxygen atoms in total. The Morgan fingerprint density at radius 3 is 2.55 bits per heavy atom. The summed E-state index contributed by atoms with van der Waals surface area (Å²) in [7, 11) is 1.53. The van der Waals surface area contributed by atoms with Crippen molar-refractivity contribution in [3.05, 3.63) is 59.9 Å². The van der Waals surface area contributed by atoms with Gasteiger partial charge < -0.3 is 10.1 Å². The molecule has 152 valence electrons. The topological polar surface area (TPSA) is 69.0 Å². The molecule has 0 aliphatic rings. The van der Waals surface area contributed by atoms with Crippen molar-refractivity contribution in [1.82, 2.24) is 20.1 Å². The number of aromatic nitrogens is 3. The van der Waals surface area contributed by atoms with Crippen LogP contribution in [0.15, 0.2) is 48.7 Å². The molecule has 0 aliphatic heterocycles. The Labute approximate surface area is 165 Å². The van der Waals surface area contributed by atoms with Crippen molar-refractivity contribution < 1.29 is 22.7 Å². The number of nitrogens with one attached hydrogen (secondary N) is 1. The predicted octanol–water partition coefficient (Wildman–Crippen LogP) is 4.10.